The van der Waals surface area contributed by atoms with Crippen LogP contribution in [0, 0.1) is 6.92 Å². The summed E-state index contributed by atoms with van der Waals surface area (Å²) < 4.78 is 27.0. The highest BCUT2D eigenvalue weighted by Gasteiger charge is 2.15. The molecule has 0 saturated heterocycles. The molecule has 3 N–H and O–H groups in total. The number of benzene rings is 2. The number of rotatable bonds is 5. The summed E-state index contributed by atoms with van der Waals surface area (Å²) in [7, 11) is -3.65. The minimum atomic E-state index is -3.65. The Morgan fingerprint density at radius 2 is 1.54 bits per heavy atom. The highest BCUT2D eigenvalue weighted by Crippen LogP contribution is 2.20. The van der Waals surface area contributed by atoms with Gasteiger partial charge in [-0.2, -0.15) is 0 Å². The lowest BCUT2D eigenvalue weighted by Gasteiger charge is -2.09. The van der Waals surface area contributed by atoms with E-state index in [2.05, 4.69) is 15.6 Å². The third-order valence-electron chi connectivity index (χ3n) is 3.73. The van der Waals surface area contributed by atoms with Crippen molar-refractivity contribution < 1.29 is 18.0 Å². The first-order valence-corrected chi connectivity index (χ1v) is 10.6. The van der Waals surface area contributed by atoms with Crippen molar-refractivity contribution in [3.05, 3.63) is 82.7 Å². The van der Waals surface area contributed by atoms with Gasteiger partial charge in [0.15, 0.2) is 0 Å². The van der Waals surface area contributed by atoms with Crippen LogP contribution < -0.4 is 15.6 Å². The monoisotopic (exact) mass is 415 g/mol. The van der Waals surface area contributed by atoms with Crippen LogP contribution in [0.4, 0.5) is 5.69 Å². The number of sulfonamides is 1. The number of hydrogen-bond acceptors (Lipinski definition) is 5. The quantitative estimate of drug-likeness (QED) is 0.557. The molecule has 0 saturated carbocycles. The van der Waals surface area contributed by atoms with Gasteiger partial charge in [0.25, 0.3) is 21.8 Å². The normalized spacial score (nSPS) is 10.9. The molecule has 0 bridgehead atoms. The van der Waals surface area contributed by atoms with Crippen LogP contribution in [-0.4, -0.2) is 20.2 Å². The third kappa shape index (κ3) is 4.76. The van der Waals surface area contributed by atoms with Crippen molar-refractivity contribution in [2.45, 2.75) is 11.1 Å². The maximum Gasteiger partial charge on any atom is 0.271 e. The van der Waals surface area contributed by atoms with Gasteiger partial charge >= 0.3 is 0 Å². The van der Waals surface area contributed by atoms with Crippen molar-refractivity contribution in [3.8, 4) is 0 Å². The van der Waals surface area contributed by atoms with Crippen LogP contribution in [0.3, 0.4) is 0 Å². The summed E-state index contributed by atoms with van der Waals surface area (Å²) in [6.45, 7) is 1.86. The second-order valence-electron chi connectivity index (χ2n) is 5.89. The molecule has 0 atom stereocenters. The molecule has 0 aliphatic rings. The lowest BCUT2D eigenvalue weighted by atomic mass is 10.1. The summed E-state index contributed by atoms with van der Waals surface area (Å²) in [5.74, 6) is -0.953. The molecule has 0 unspecified atom stereocenters. The van der Waals surface area contributed by atoms with E-state index in [1.807, 2.05) is 13.0 Å². The standard InChI is InChI=1S/C19H17N3O4S2/c1-13-4-2-5-15(12-13)19(24)21-20-18(23)14-7-9-16(10-8-14)22-28(25,26)17-6-3-11-27-17/h2-12,22H,1H3,(H,20,23)(H,21,24). The summed E-state index contributed by atoms with van der Waals surface area (Å²) >= 11 is 1.11. The Morgan fingerprint density at radius 1 is 0.857 bits per heavy atom. The first kappa shape index (κ1) is 19.6. The molecule has 0 aliphatic heterocycles. The highest BCUT2D eigenvalue weighted by molar-refractivity contribution is 7.94. The van der Waals surface area contributed by atoms with Crippen LogP contribution in [0.5, 0.6) is 0 Å². The maximum absolute atomic E-state index is 12.2. The van der Waals surface area contributed by atoms with Crippen LogP contribution in [-0.2, 0) is 10.0 Å². The molecule has 144 valence electrons. The predicted molar refractivity (Wildman–Crippen MR) is 108 cm³/mol. The number of carbonyl (C=O) groups excluding carboxylic acids is 2. The molecule has 2 aromatic carbocycles. The molecule has 28 heavy (non-hydrogen) atoms. The minimum absolute atomic E-state index is 0.202. The third-order valence-corrected chi connectivity index (χ3v) is 6.51. The average molecular weight is 415 g/mol. The predicted octanol–water partition coefficient (Wildman–Crippen LogP) is 2.93. The van der Waals surface area contributed by atoms with Crippen LogP contribution >= 0.6 is 11.3 Å². The zero-order valence-corrected chi connectivity index (χ0v) is 16.4. The summed E-state index contributed by atoms with van der Waals surface area (Å²) in [6, 6.07) is 16.0. The number of carbonyl (C=O) groups is 2. The van der Waals surface area contributed by atoms with E-state index >= 15 is 0 Å². The van der Waals surface area contributed by atoms with Gasteiger partial charge in [-0.15, -0.1) is 11.3 Å². The fourth-order valence-corrected chi connectivity index (χ4v) is 4.41. The van der Waals surface area contributed by atoms with E-state index in [1.165, 1.54) is 30.3 Å². The zero-order chi connectivity index (χ0) is 20.1. The lowest BCUT2D eigenvalue weighted by molar-refractivity contribution is 0.0846. The molecule has 7 nitrogen and oxygen atoms in total. The van der Waals surface area contributed by atoms with Crippen LogP contribution in [0.25, 0.3) is 0 Å². The fourth-order valence-electron chi connectivity index (χ4n) is 2.36. The average Bonchev–Trinajstić information content (AvgIpc) is 3.22. The first-order valence-electron chi connectivity index (χ1n) is 8.19. The number of amides is 2. The van der Waals surface area contributed by atoms with Crippen molar-refractivity contribution in [1.29, 1.82) is 0 Å². The van der Waals surface area contributed by atoms with E-state index in [9.17, 15) is 18.0 Å². The minimum Gasteiger partial charge on any atom is -0.279 e. The molecule has 0 aliphatic carbocycles. The Hall–Kier alpha value is -3.17. The SMILES string of the molecule is Cc1cccc(C(=O)NNC(=O)c2ccc(NS(=O)(=O)c3cccs3)cc2)c1. The van der Waals surface area contributed by atoms with Gasteiger partial charge in [0.2, 0.25) is 0 Å². The van der Waals surface area contributed by atoms with Crippen molar-refractivity contribution in [1.82, 2.24) is 10.9 Å². The van der Waals surface area contributed by atoms with Crippen molar-refractivity contribution in [2.24, 2.45) is 0 Å². The van der Waals surface area contributed by atoms with Gasteiger partial charge < -0.3 is 0 Å². The molecule has 3 aromatic rings. The van der Waals surface area contributed by atoms with E-state index in [4.69, 9.17) is 0 Å². The zero-order valence-electron chi connectivity index (χ0n) is 14.8. The molecule has 1 aromatic heterocycles. The maximum atomic E-state index is 12.2. The summed E-state index contributed by atoms with van der Waals surface area (Å²) in [5, 5.41) is 1.67. The second-order valence-corrected chi connectivity index (χ2v) is 8.75. The summed E-state index contributed by atoms with van der Waals surface area (Å²) in [6.07, 6.45) is 0. The van der Waals surface area contributed by atoms with E-state index in [0.717, 1.165) is 16.9 Å². The van der Waals surface area contributed by atoms with Gasteiger partial charge in [-0.05, 0) is 54.8 Å². The van der Waals surface area contributed by atoms with Gasteiger partial charge in [-0.3, -0.25) is 25.2 Å². The highest BCUT2D eigenvalue weighted by atomic mass is 32.2. The number of aryl methyl sites for hydroxylation is 1. The Morgan fingerprint density at radius 3 is 2.14 bits per heavy atom. The molecular formula is C19H17N3O4S2. The lowest BCUT2D eigenvalue weighted by Crippen LogP contribution is -2.41. The molecule has 0 radical (unpaired) electrons. The van der Waals surface area contributed by atoms with Crippen LogP contribution in [0.1, 0.15) is 26.3 Å². The molecular weight excluding hydrogens is 398 g/mol. The Labute approximate surface area is 166 Å². The molecule has 0 fully saturated rings. The number of hydrogen-bond donors (Lipinski definition) is 3. The number of hydrazine groups is 1. The van der Waals surface area contributed by atoms with Gasteiger partial charge in [0.1, 0.15) is 4.21 Å². The van der Waals surface area contributed by atoms with E-state index in [1.54, 1.807) is 29.6 Å². The topological polar surface area (TPSA) is 104 Å². The number of thiophene rings is 1. The number of anilines is 1. The van der Waals surface area contributed by atoms with E-state index in [-0.39, 0.29) is 9.77 Å². The van der Waals surface area contributed by atoms with Crippen molar-refractivity contribution in [2.75, 3.05) is 4.72 Å². The van der Waals surface area contributed by atoms with E-state index < -0.39 is 21.8 Å². The van der Waals surface area contributed by atoms with Gasteiger partial charge in [0.05, 0.1) is 0 Å². The molecule has 1 heterocycles. The smallest absolute Gasteiger partial charge is 0.271 e. The molecule has 2 amide bonds. The molecule has 0 spiro atoms. The first-order chi connectivity index (χ1) is 13.3. The summed E-state index contributed by atoms with van der Waals surface area (Å²) in [4.78, 5) is 24.2. The Balaban J connectivity index is 1.60. The van der Waals surface area contributed by atoms with Crippen LogP contribution in [0.2, 0.25) is 0 Å². The number of nitrogens with one attached hydrogen (secondary N) is 3. The molecule has 3 rings (SSSR count). The Bertz CT molecular complexity index is 1090. The second kappa shape index (κ2) is 8.24. The summed E-state index contributed by atoms with van der Waals surface area (Å²) in [5.41, 5.74) is 6.63. The van der Waals surface area contributed by atoms with Gasteiger partial charge in [-0.25, -0.2) is 8.42 Å². The van der Waals surface area contributed by atoms with Gasteiger partial charge in [0, 0.05) is 16.8 Å². The van der Waals surface area contributed by atoms with Crippen molar-refractivity contribution >= 4 is 38.9 Å². The van der Waals surface area contributed by atoms with Crippen molar-refractivity contribution in [3.63, 3.8) is 0 Å². The molecule has 9 heteroatoms. The Kier molecular flexibility index (Phi) is 5.76. The van der Waals surface area contributed by atoms with Crippen LogP contribution in [0.15, 0.2) is 70.3 Å². The fraction of sp³-hybridized carbons (Fsp3) is 0.0526. The largest absolute Gasteiger partial charge is 0.279 e. The van der Waals surface area contributed by atoms with E-state index in [0.29, 0.717) is 11.3 Å². The van der Waals surface area contributed by atoms with Gasteiger partial charge in [-0.1, -0.05) is 23.8 Å².